The molecule has 2 heterocycles. The van der Waals surface area contributed by atoms with Gasteiger partial charge in [0.1, 0.15) is 0 Å². The summed E-state index contributed by atoms with van der Waals surface area (Å²) in [5.74, 6) is 0.281. The number of hydrogen-bond acceptors (Lipinski definition) is 3. The van der Waals surface area contributed by atoms with E-state index in [9.17, 15) is 0 Å². The lowest BCUT2D eigenvalue weighted by atomic mass is 10.0. The van der Waals surface area contributed by atoms with Crippen molar-refractivity contribution in [3.05, 3.63) is 0 Å². The van der Waals surface area contributed by atoms with Crippen LogP contribution in [-0.2, 0) is 9.47 Å². The van der Waals surface area contributed by atoms with E-state index in [1.807, 2.05) is 0 Å². The summed E-state index contributed by atoms with van der Waals surface area (Å²) >= 11 is 0. The minimum atomic E-state index is -0.339. The van der Waals surface area contributed by atoms with Gasteiger partial charge in [0.15, 0.2) is 5.79 Å². The van der Waals surface area contributed by atoms with E-state index >= 15 is 0 Å². The molecule has 2 fully saturated rings. The highest BCUT2D eigenvalue weighted by atomic mass is 16.7. The first kappa shape index (κ1) is 13.3. The van der Waals surface area contributed by atoms with Gasteiger partial charge in [-0.05, 0) is 38.8 Å². The highest BCUT2D eigenvalue weighted by Crippen LogP contribution is 2.30. The first-order valence-corrected chi connectivity index (χ1v) is 7.11. The van der Waals surface area contributed by atoms with E-state index in [-0.39, 0.29) is 11.9 Å². The number of piperidine rings is 1. The summed E-state index contributed by atoms with van der Waals surface area (Å²) < 4.78 is 12.0. The van der Waals surface area contributed by atoms with Crippen molar-refractivity contribution in [2.45, 2.75) is 58.3 Å². The molecule has 100 valence electrons. The maximum atomic E-state index is 6.10. The summed E-state index contributed by atoms with van der Waals surface area (Å²) in [4.78, 5) is 2.53. The molecule has 0 aromatic heterocycles. The van der Waals surface area contributed by atoms with Gasteiger partial charge < -0.3 is 14.4 Å². The zero-order valence-electron chi connectivity index (χ0n) is 11.6. The number of ether oxygens (including phenoxy) is 2. The highest BCUT2D eigenvalue weighted by Gasteiger charge is 2.38. The number of nitrogens with zero attached hydrogens (tertiary/aromatic N) is 1. The molecule has 0 aromatic carbocycles. The lowest BCUT2D eigenvalue weighted by molar-refractivity contribution is -0.166. The largest absolute Gasteiger partial charge is 0.347 e. The lowest BCUT2D eigenvalue weighted by Gasteiger charge is -2.29. The highest BCUT2D eigenvalue weighted by molar-refractivity contribution is 4.79. The van der Waals surface area contributed by atoms with Gasteiger partial charge in [-0.25, -0.2) is 0 Å². The smallest absolute Gasteiger partial charge is 0.166 e. The monoisotopic (exact) mass is 241 g/mol. The van der Waals surface area contributed by atoms with Gasteiger partial charge in [-0.1, -0.05) is 20.3 Å². The van der Waals surface area contributed by atoms with Crippen LogP contribution in [0.5, 0.6) is 0 Å². The van der Waals surface area contributed by atoms with Crippen LogP contribution in [0.4, 0.5) is 0 Å². The Kier molecular flexibility index (Phi) is 4.45. The minimum absolute atomic E-state index is 0.275. The maximum absolute atomic E-state index is 6.10. The summed E-state index contributed by atoms with van der Waals surface area (Å²) in [5, 5.41) is 0. The van der Waals surface area contributed by atoms with E-state index in [1.54, 1.807) is 0 Å². The Bertz CT molecular complexity index is 238. The van der Waals surface area contributed by atoms with Crippen molar-refractivity contribution in [2.75, 3.05) is 26.2 Å². The van der Waals surface area contributed by atoms with Gasteiger partial charge in [-0.15, -0.1) is 0 Å². The normalized spacial score (nSPS) is 35.6. The van der Waals surface area contributed by atoms with Gasteiger partial charge in [0.2, 0.25) is 0 Å². The Balaban J connectivity index is 1.76. The van der Waals surface area contributed by atoms with Crippen LogP contribution in [0.3, 0.4) is 0 Å². The number of likely N-dealkylation sites (tertiary alicyclic amines) is 1. The van der Waals surface area contributed by atoms with E-state index in [0.29, 0.717) is 5.92 Å². The molecule has 0 amide bonds. The van der Waals surface area contributed by atoms with E-state index in [4.69, 9.17) is 9.47 Å². The van der Waals surface area contributed by atoms with E-state index in [0.717, 1.165) is 19.6 Å². The summed E-state index contributed by atoms with van der Waals surface area (Å²) in [5.41, 5.74) is 0. The molecule has 0 spiro atoms. The summed E-state index contributed by atoms with van der Waals surface area (Å²) in [6.45, 7) is 10.8. The third kappa shape index (κ3) is 3.94. The predicted molar refractivity (Wildman–Crippen MR) is 69.0 cm³/mol. The number of rotatable bonds is 4. The van der Waals surface area contributed by atoms with E-state index < -0.39 is 0 Å². The molecule has 0 aromatic rings. The van der Waals surface area contributed by atoms with Crippen molar-refractivity contribution in [1.29, 1.82) is 0 Å². The Morgan fingerprint density at radius 2 is 1.94 bits per heavy atom. The molecule has 0 aliphatic carbocycles. The van der Waals surface area contributed by atoms with Crippen molar-refractivity contribution in [2.24, 2.45) is 5.92 Å². The molecular weight excluding hydrogens is 214 g/mol. The van der Waals surface area contributed by atoms with Crippen molar-refractivity contribution >= 4 is 0 Å². The molecule has 2 unspecified atom stereocenters. The van der Waals surface area contributed by atoms with Crippen LogP contribution in [0.15, 0.2) is 0 Å². The van der Waals surface area contributed by atoms with Gasteiger partial charge in [0, 0.05) is 13.0 Å². The van der Waals surface area contributed by atoms with Crippen LogP contribution in [0, 0.1) is 5.92 Å². The second-order valence-electron chi connectivity index (χ2n) is 6.14. The standard InChI is InChI=1S/C14H27NO2/c1-12(2)9-14(3)16-11-13(17-14)10-15-7-5-4-6-8-15/h12-13H,4-11H2,1-3H3. The molecule has 2 rings (SSSR count). The Morgan fingerprint density at radius 3 is 2.59 bits per heavy atom. The average molecular weight is 241 g/mol. The van der Waals surface area contributed by atoms with Crippen molar-refractivity contribution in [3.63, 3.8) is 0 Å². The SMILES string of the molecule is CC(C)CC1(C)OCC(CN2CCCCC2)O1. The second-order valence-corrected chi connectivity index (χ2v) is 6.14. The Hall–Kier alpha value is -0.120. The van der Waals surface area contributed by atoms with Crippen LogP contribution in [0.25, 0.3) is 0 Å². The first-order chi connectivity index (χ1) is 8.07. The summed E-state index contributed by atoms with van der Waals surface area (Å²) in [6, 6.07) is 0. The van der Waals surface area contributed by atoms with Crippen molar-refractivity contribution in [3.8, 4) is 0 Å². The zero-order valence-corrected chi connectivity index (χ0v) is 11.6. The fourth-order valence-electron chi connectivity index (χ4n) is 3.06. The third-order valence-electron chi connectivity index (χ3n) is 3.68. The lowest BCUT2D eigenvalue weighted by Crippen LogP contribution is -2.38. The molecule has 0 radical (unpaired) electrons. The Labute approximate surface area is 105 Å². The van der Waals surface area contributed by atoms with Crippen LogP contribution < -0.4 is 0 Å². The van der Waals surface area contributed by atoms with E-state index in [2.05, 4.69) is 25.7 Å². The first-order valence-electron chi connectivity index (χ1n) is 7.11. The van der Waals surface area contributed by atoms with Crippen LogP contribution in [-0.4, -0.2) is 43.0 Å². The number of hydrogen-bond donors (Lipinski definition) is 0. The molecule has 0 bridgehead atoms. The molecule has 3 nitrogen and oxygen atoms in total. The second kappa shape index (κ2) is 5.68. The van der Waals surface area contributed by atoms with E-state index in [1.165, 1.54) is 32.4 Å². The van der Waals surface area contributed by atoms with Crippen LogP contribution in [0.2, 0.25) is 0 Å². The van der Waals surface area contributed by atoms with Gasteiger partial charge in [0.25, 0.3) is 0 Å². The van der Waals surface area contributed by atoms with Crippen molar-refractivity contribution < 1.29 is 9.47 Å². The fraction of sp³-hybridized carbons (Fsp3) is 1.00. The van der Waals surface area contributed by atoms with Crippen molar-refractivity contribution in [1.82, 2.24) is 4.90 Å². The molecule has 2 aliphatic rings. The minimum Gasteiger partial charge on any atom is -0.347 e. The zero-order chi connectivity index (χ0) is 12.3. The quantitative estimate of drug-likeness (QED) is 0.755. The molecule has 0 N–H and O–H groups in total. The predicted octanol–water partition coefficient (Wildman–Crippen LogP) is 2.65. The summed E-state index contributed by atoms with van der Waals surface area (Å²) in [7, 11) is 0. The molecule has 2 aliphatic heterocycles. The molecule has 0 saturated carbocycles. The average Bonchev–Trinajstić information content (AvgIpc) is 2.60. The maximum Gasteiger partial charge on any atom is 0.166 e. The van der Waals surface area contributed by atoms with Gasteiger partial charge >= 0.3 is 0 Å². The van der Waals surface area contributed by atoms with Crippen LogP contribution in [0.1, 0.15) is 46.5 Å². The van der Waals surface area contributed by atoms with Gasteiger partial charge in [-0.2, -0.15) is 0 Å². The van der Waals surface area contributed by atoms with Gasteiger partial charge in [-0.3, -0.25) is 0 Å². The molecular formula is C14H27NO2. The fourth-order valence-corrected chi connectivity index (χ4v) is 3.06. The molecule has 3 heteroatoms. The molecule has 17 heavy (non-hydrogen) atoms. The summed E-state index contributed by atoms with van der Waals surface area (Å²) in [6.07, 6.45) is 5.35. The van der Waals surface area contributed by atoms with Crippen LogP contribution >= 0.6 is 0 Å². The third-order valence-corrected chi connectivity index (χ3v) is 3.68. The molecule has 2 atom stereocenters. The van der Waals surface area contributed by atoms with Gasteiger partial charge in [0.05, 0.1) is 12.7 Å². The topological polar surface area (TPSA) is 21.7 Å². The molecule has 2 saturated heterocycles. The Morgan fingerprint density at radius 1 is 1.24 bits per heavy atom.